The Morgan fingerprint density at radius 2 is 1.89 bits per heavy atom. The lowest BCUT2D eigenvalue weighted by molar-refractivity contribution is 0.134. The molecule has 0 radical (unpaired) electrons. The summed E-state index contributed by atoms with van der Waals surface area (Å²) in [5.41, 5.74) is 6.20. The van der Waals surface area contributed by atoms with Gasteiger partial charge in [0.25, 0.3) is 6.01 Å². The number of benzene rings is 2. The lowest BCUT2D eigenvalue weighted by Gasteiger charge is -2.09. The fourth-order valence-electron chi connectivity index (χ4n) is 2.92. The molecule has 0 saturated heterocycles. The Kier molecular flexibility index (Phi) is 5.21. The molecule has 2 aromatic carbocycles. The van der Waals surface area contributed by atoms with E-state index in [0.717, 1.165) is 33.6 Å². The average Bonchev–Trinajstić information content (AvgIpc) is 3.41. The highest BCUT2D eigenvalue weighted by Crippen LogP contribution is 2.28. The second kappa shape index (κ2) is 8.10. The van der Waals surface area contributed by atoms with Crippen molar-refractivity contribution in [2.75, 3.05) is 11.9 Å². The number of nitrogens with one attached hydrogen (secondary N) is 2. The van der Waals surface area contributed by atoms with E-state index in [1.165, 1.54) is 0 Å². The maximum Gasteiger partial charge on any atom is 0.299 e. The summed E-state index contributed by atoms with van der Waals surface area (Å²) in [6.45, 7) is 5.32. The topological polar surface area (TPSA) is 76.0 Å². The zero-order chi connectivity index (χ0) is 19.3. The van der Waals surface area contributed by atoms with E-state index in [1.54, 1.807) is 12.4 Å². The Bertz CT molecular complexity index is 1040. The first-order valence-corrected chi connectivity index (χ1v) is 9.23. The van der Waals surface area contributed by atoms with Crippen LogP contribution in [-0.4, -0.2) is 21.8 Å². The number of aryl methyl sites for hydroxylation is 1. The number of ether oxygens (including phenoxy) is 1. The van der Waals surface area contributed by atoms with E-state index in [-0.39, 0.29) is 0 Å². The van der Waals surface area contributed by atoms with Crippen LogP contribution in [0.1, 0.15) is 18.1 Å². The van der Waals surface area contributed by atoms with Gasteiger partial charge >= 0.3 is 0 Å². The maximum absolute atomic E-state index is 5.91. The fraction of sp³-hybridized carbons (Fsp3) is 0.182. The number of aromatic nitrogens is 3. The van der Waals surface area contributed by atoms with Crippen molar-refractivity contribution in [1.82, 2.24) is 15.2 Å². The number of oxazole rings is 1. The van der Waals surface area contributed by atoms with Gasteiger partial charge in [-0.05, 0) is 42.7 Å². The highest BCUT2D eigenvalue weighted by Gasteiger charge is 2.09. The standard InChI is InChI=1S/C22H22N4O2/c1-3-27-14-16-5-4-15(2)20(12-16)25-22-23-13-21(28-22)18-8-6-17(7-9-18)19-10-11-24-26-19/h4-13H,3,14H2,1-2H3,(H,23,25)(H,24,26). The first-order chi connectivity index (χ1) is 13.7. The van der Waals surface area contributed by atoms with E-state index in [9.17, 15) is 0 Å². The van der Waals surface area contributed by atoms with Gasteiger partial charge < -0.3 is 14.5 Å². The van der Waals surface area contributed by atoms with Gasteiger partial charge in [-0.1, -0.05) is 36.4 Å². The van der Waals surface area contributed by atoms with Gasteiger partial charge in [0.2, 0.25) is 0 Å². The Morgan fingerprint density at radius 3 is 2.64 bits per heavy atom. The van der Waals surface area contributed by atoms with E-state index in [2.05, 4.69) is 38.7 Å². The van der Waals surface area contributed by atoms with E-state index >= 15 is 0 Å². The molecule has 0 aliphatic rings. The van der Waals surface area contributed by atoms with E-state index in [4.69, 9.17) is 9.15 Å². The van der Waals surface area contributed by atoms with Crippen LogP contribution < -0.4 is 5.32 Å². The number of rotatable bonds is 7. The largest absolute Gasteiger partial charge is 0.423 e. The van der Waals surface area contributed by atoms with Crippen LogP contribution in [0.5, 0.6) is 0 Å². The first kappa shape index (κ1) is 18.0. The highest BCUT2D eigenvalue weighted by atomic mass is 16.5. The van der Waals surface area contributed by atoms with Crippen LogP contribution in [0.25, 0.3) is 22.6 Å². The Morgan fingerprint density at radius 1 is 1.07 bits per heavy atom. The number of H-pyrrole nitrogens is 1. The quantitative estimate of drug-likeness (QED) is 0.458. The van der Waals surface area contributed by atoms with Gasteiger partial charge in [-0.15, -0.1) is 0 Å². The predicted molar refractivity (Wildman–Crippen MR) is 109 cm³/mol. The second-order valence-corrected chi connectivity index (χ2v) is 6.49. The SMILES string of the molecule is CCOCc1ccc(C)c(Nc2ncc(-c3ccc(-c4ccn[nH]4)cc3)o2)c1. The van der Waals surface area contributed by atoms with Crippen LogP contribution in [-0.2, 0) is 11.3 Å². The van der Waals surface area contributed by atoms with Crippen molar-refractivity contribution in [3.8, 4) is 22.6 Å². The normalized spacial score (nSPS) is 10.9. The van der Waals surface area contributed by atoms with Crippen LogP contribution in [0.15, 0.2) is 65.3 Å². The minimum atomic E-state index is 0.462. The van der Waals surface area contributed by atoms with Gasteiger partial charge in [-0.2, -0.15) is 5.10 Å². The third-order valence-electron chi connectivity index (χ3n) is 4.50. The van der Waals surface area contributed by atoms with E-state index < -0.39 is 0 Å². The van der Waals surface area contributed by atoms with Gasteiger partial charge in [0, 0.05) is 24.1 Å². The molecule has 4 aromatic rings. The maximum atomic E-state index is 5.91. The molecule has 0 atom stereocenters. The van der Waals surface area contributed by atoms with E-state index in [0.29, 0.717) is 25.0 Å². The molecule has 2 N–H and O–H groups in total. The summed E-state index contributed by atoms with van der Waals surface area (Å²) in [7, 11) is 0. The molecule has 2 heterocycles. The molecule has 0 fully saturated rings. The van der Waals surface area contributed by atoms with Crippen molar-refractivity contribution in [1.29, 1.82) is 0 Å². The predicted octanol–water partition coefficient (Wildman–Crippen LogP) is 5.32. The third-order valence-corrected chi connectivity index (χ3v) is 4.50. The number of hydrogen-bond acceptors (Lipinski definition) is 5. The lowest BCUT2D eigenvalue weighted by atomic mass is 10.1. The van der Waals surface area contributed by atoms with Gasteiger partial charge in [-0.25, -0.2) is 4.98 Å². The number of aromatic amines is 1. The second-order valence-electron chi connectivity index (χ2n) is 6.49. The Labute approximate surface area is 163 Å². The van der Waals surface area contributed by atoms with Crippen molar-refractivity contribution in [3.05, 3.63) is 72.1 Å². The summed E-state index contributed by atoms with van der Waals surface area (Å²) >= 11 is 0. The highest BCUT2D eigenvalue weighted by molar-refractivity contribution is 5.66. The lowest BCUT2D eigenvalue weighted by Crippen LogP contribution is -1.97. The third kappa shape index (κ3) is 3.97. The fourth-order valence-corrected chi connectivity index (χ4v) is 2.92. The van der Waals surface area contributed by atoms with Crippen LogP contribution in [0.2, 0.25) is 0 Å². The van der Waals surface area contributed by atoms with E-state index in [1.807, 2.05) is 44.2 Å². The molecule has 0 saturated carbocycles. The zero-order valence-electron chi connectivity index (χ0n) is 15.9. The Balaban J connectivity index is 1.50. The molecule has 0 bridgehead atoms. The average molecular weight is 374 g/mol. The molecule has 142 valence electrons. The molecule has 28 heavy (non-hydrogen) atoms. The van der Waals surface area contributed by atoms with Crippen LogP contribution >= 0.6 is 0 Å². The van der Waals surface area contributed by atoms with Crippen LogP contribution in [0.3, 0.4) is 0 Å². The summed E-state index contributed by atoms with van der Waals surface area (Å²) < 4.78 is 11.4. The summed E-state index contributed by atoms with van der Waals surface area (Å²) in [5.74, 6) is 0.710. The molecule has 6 nitrogen and oxygen atoms in total. The number of hydrogen-bond donors (Lipinski definition) is 2. The molecule has 0 aliphatic carbocycles. The monoisotopic (exact) mass is 374 g/mol. The number of nitrogens with zero attached hydrogens (tertiary/aromatic N) is 2. The minimum Gasteiger partial charge on any atom is -0.423 e. The van der Waals surface area contributed by atoms with Crippen molar-refractivity contribution < 1.29 is 9.15 Å². The van der Waals surface area contributed by atoms with Crippen LogP contribution in [0, 0.1) is 6.92 Å². The van der Waals surface area contributed by atoms with Crippen molar-refractivity contribution in [2.24, 2.45) is 0 Å². The summed E-state index contributed by atoms with van der Waals surface area (Å²) in [4.78, 5) is 4.37. The molecule has 6 heteroatoms. The summed E-state index contributed by atoms with van der Waals surface area (Å²) in [6, 6.07) is 16.7. The summed E-state index contributed by atoms with van der Waals surface area (Å²) in [5, 5.41) is 10.2. The number of anilines is 2. The molecule has 0 spiro atoms. The van der Waals surface area contributed by atoms with Crippen molar-refractivity contribution in [2.45, 2.75) is 20.5 Å². The van der Waals surface area contributed by atoms with Gasteiger partial charge in [-0.3, -0.25) is 5.10 Å². The first-order valence-electron chi connectivity index (χ1n) is 9.23. The zero-order valence-corrected chi connectivity index (χ0v) is 15.9. The molecule has 0 unspecified atom stereocenters. The minimum absolute atomic E-state index is 0.462. The molecule has 4 rings (SSSR count). The molecule has 2 aromatic heterocycles. The van der Waals surface area contributed by atoms with Gasteiger partial charge in [0.15, 0.2) is 5.76 Å². The van der Waals surface area contributed by atoms with Gasteiger partial charge in [0.1, 0.15) is 0 Å². The molecule has 0 amide bonds. The molecule has 0 aliphatic heterocycles. The molecular weight excluding hydrogens is 352 g/mol. The van der Waals surface area contributed by atoms with Crippen molar-refractivity contribution >= 4 is 11.7 Å². The van der Waals surface area contributed by atoms with Crippen molar-refractivity contribution in [3.63, 3.8) is 0 Å². The van der Waals surface area contributed by atoms with Gasteiger partial charge in [0.05, 0.1) is 18.5 Å². The van der Waals surface area contributed by atoms with Crippen LogP contribution in [0.4, 0.5) is 11.7 Å². The smallest absolute Gasteiger partial charge is 0.299 e. The summed E-state index contributed by atoms with van der Waals surface area (Å²) in [6.07, 6.45) is 3.47. The Hall–Kier alpha value is -3.38. The molecular formula is C22H22N4O2.